The molecule has 1 N–H and O–H groups in total. The van der Waals surface area contributed by atoms with Crippen molar-refractivity contribution < 1.29 is 4.74 Å². The summed E-state index contributed by atoms with van der Waals surface area (Å²) in [7, 11) is 1.72. The van der Waals surface area contributed by atoms with Gasteiger partial charge in [0.2, 0.25) is 0 Å². The van der Waals surface area contributed by atoms with Gasteiger partial charge in [0.15, 0.2) is 0 Å². The summed E-state index contributed by atoms with van der Waals surface area (Å²) in [5.74, 6) is 1.69. The SMILES string of the molecule is CCCCC(CCC)NC1CC(c2ccc(OC)cc2)C1. The van der Waals surface area contributed by atoms with Gasteiger partial charge in [0, 0.05) is 12.1 Å². The molecule has 0 aliphatic heterocycles. The van der Waals surface area contributed by atoms with Gasteiger partial charge in [-0.15, -0.1) is 0 Å². The largest absolute Gasteiger partial charge is 0.497 e. The summed E-state index contributed by atoms with van der Waals surface area (Å²) in [6, 6.07) is 10.1. The first kappa shape index (κ1) is 16.4. The Labute approximate surface area is 130 Å². The molecular formula is C19H31NO. The van der Waals surface area contributed by atoms with Crippen LogP contribution in [-0.2, 0) is 0 Å². The van der Waals surface area contributed by atoms with Crippen LogP contribution in [0.5, 0.6) is 5.75 Å². The van der Waals surface area contributed by atoms with E-state index in [2.05, 4.69) is 43.4 Å². The van der Waals surface area contributed by atoms with Gasteiger partial charge in [0.1, 0.15) is 5.75 Å². The second-order valence-electron chi connectivity index (χ2n) is 6.43. The van der Waals surface area contributed by atoms with Crippen molar-refractivity contribution in [2.45, 2.75) is 76.8 Å². The minimum absolute atomic E-state index is 0.727. The number of nitrogens with one attached hydrogen (secondary N) is 1. The van der Waals surface area contributed by atoms with Crippen LogP contribution in [-0.4, -0.2) is 19.2 Å². The summed E-state index contributed by atoms with van der Waals surface area (Å²) in [6.45, 7) is 4.58. The normalized spacial score (nSPS) is 22.6. The zero-order chi connectivity index (χ0) is 15.1. The van der Waals surface area contributed by atoms with Crippen LogP contribution in [0.2, 0.25) is 0 Å². The van der Waals surface area contributed by atoms with Crippen LogP contribution in [0, 0.1) is 0 Å². The molecule has 1 aliphatic rings. The maximum Gasteiger partial charge on any atom is 0.118 e. The van der Waals surface area contributed by atoms with Crippen LogP contribution in [0.4, 0.5) is 0 Å². The van der Waals surface area contributed by atoms with Crippen LogP contribution in [0.25, 0.3) is 0 Å². The van der Waals surface area contributed by atoms with E-state index in [-0.39, 0.29) is 0 Å². The molecule has 0 spiro atoms. The highest BCUT2D eigenvalue weighted by molar-refractivity contribution is 5.30. The Morgan fingerprint density at radius 2 is 1.81 bits per heavy atom. The fourth-order valence-corrected chi connectivity index (χ4v) is 3.35. The summed E-state index contributed by atoms with van der Waals surface area (Å²) in [5.41, 5.74) is 1.47. The van der Waals surface area contributed by atoms with Crippen molar-refractivity contribution in [3.63, 3.8) is 0 Å². The van der Waals surface area contributed by atoms with Crippen molar-refractivity contribution in [1.29, 1.82) is 0 Å². The van der Waals surface area contributed by atoms with Gasteiger partial charge in [0.05, 0.1) is 7.11 Å². The molecule has 1 unspecified atom stereocenters. The molecule has 2 rings (SSSR count). The van der Waals surface area contributed by atoms with Crippen molar-refractivity contribution in [3.05, 3.63) is 29.8 Å². The maximum absolute atomic E-state index is 5.23. The zero-order valence-corrected chi connectivity index (χ0v) is 13.9. The molecule has 1 aromatic rings. The van der Waals surface area contributed by atoms with Crippen molar-refractivity contribution in [2.24, 2.45) is 0 Å². The van der Waals surface area contributed by atoms with Crippen LogP contribution in [0.3, 0.4) is 0 Å². The molecule has 0 aromatic heterocycles. The number of ether oxygens (including phenoxy) is 1. The molecule has 0 amide bonds. The fourth-order valence-electron chi connectivity index (χ4n) is 3.35. The van der Waals surface area contributed by atoms with E-state index in [1.54, 1.807) is 7.11 Å². The van der Waals surface area contributed by atoms with Crippen molar-refractivity contribution in [1.82, 2.24) is 5.32 Å². The molecule has 1 atom stereocenters. The summed E-state index contributed by atoms with van der Waals surface area (Å²) in [5, 5.41) is 3.89. The van der Waals surface area contributed by atoms with E-state index in [0.717, 1.165) is 23.8 Å². The Morgan fingerprint density at radius 1 is 1.10 bits per heavy atom. The van der Waals surface area contributed by atoms with E-state index in [9.17, 15) is 0 Å². The van der Waals surface area contributed by atoms with Crippen molar-refractivity contribution >= 4 is 0 Å². The topological polar surface area (TPSA) is 21.3 Å². The van der Waals surface area contributed by atoms with Gasteiger partial charge in [-0.2, -0.15) is 0 Å². The van der Waals surface area contributed by atoms with Crippen molar-refractivity contribution in [2.75, 3.05) is 7.11 Å². The standard InChI is InChI=1S/C19H31NO/c1-4-6-8-17(7-5-2)20-18-13-16(14-18)15-9-11-19(21-3)12-10-15/h9-12,16-18,20H,4-8,13-14H2,1-3H3. The van der Waals surface area contributed by atoms with Crippen LogP contribution in [0.1, 0.15) is 70.3 Å². The van der Waals surface area contributed by atoms with E-state index >= 15 is 0 Å². The number of hydrogen-bond acceptors (Lipinski definition) is 2. The number of rotatable bonds is 9. The third-order valence-electron chi connectivity index (χ3n) is 4.74. The molecule has 0 saturated heterocycles. The van der Waals surface area contributed by atoms with Crippen molar-refractivity contribution in [3.8, 4) is 5.75 Å². The lowest BCUT2D eigenvalue weighted by Gasteiger charge is -2.39. The lowest BCUT2D eigenvalue weighted by Crippen LogP contribution is -2.45. The lowest BCUT2D eigenvalue weighted by molar-refractivity contribution is 0.251. The van der Waals surface area contributed by atoms with Crippen LogP contribution >= 0.6 is 0 Å². The number of methoxy groups -OCH3 is 1. The number of benzene rings is 1. The predicted molar refractivity (Wildman–Crippen MR) is 90.1 cm³/mol. The Bertz CT molecular complexity index is 395. The molecular weight excluding hydrogens is 258 g/mol. The molecule has 21 heavy (non-hydrogen) atoms. The van der Waals surface area contributed by atoms with Gasteiger partial charge < -0.3 is 10.1 Å². The van der Waals surface area contributed by atoms with Crippen LogP contribution < -0.4 is 10.1 Å². The molecule has 0 bridgehead atoms. The molecule has 0 radical (unpaired) electrons. The van der Waals surface area contributed by atoms with Gasteiger partial charge in [-0.05, 0) is 49.3 Å². The molecule has 0 heterocycles. The molecule has 2 nitrogen and oxygen atoms in total. The zero-order valence-electron chi connectivity index (χ0n) is 13.9. The minimum atomic E-state index is 0.727. The second kappa shape index (κ2) is 8.43. The average molecular weight is 289 g/mol. The summed E-state index contributed by atoms with van der Waals surface area (Å²) < 4.78 is 5.23. The first-order valence-corrected chi connectivity index (χ1v) is 8.66. The highest BCUT2D eigenvalue weighted by atomic mass is 16.5. The third-order valence-corrected chi connectivity index (χ3v) is 4.74. The molecule has 1 saturated carbocycles. The van der Waals surface area contributed by atoms with E-state index in [1.807, 2.05) is 0 Å². The molecule has 1 fully saturated rings. The smallest absolute Gasteiger partial charge is 0.118 e. The summed E-state index contributed by atoms with van der Waals surface area (Å²) in [6.07, 6.45) is 9.19. The van der Waals surface area contributed by atoms with Gasteiger partial charge >= 0.3 is 0 Å². The van der Waals surface area contributed by atoms with Gasteiger partial charge in [-0.3, -0.25) is 0 Å². The van der Waals surface area contributed by atoms with E-state index in [0.29, 0.717) is 0 Å². The monoisotopic (exact) mass is 289 g/mol. The maximum atomic E-state index is 5.23. The number of hydrogen-bond donors (Lipinski definition) is 1. The lowest BCUT2D eigenvalue weighted by atomic mass is 9.75. The predicted octanol–water partition coefficient (Wildman–Crippen LogP) is 4.89. The van der Waals surface area contributed by atoms with Gasteiger partial charge in [0.25, 0.3) is 0 Å². The molecule has 2 heteroatoms. The Morgan fingerprint density at radius 3 is 2.38 bits per heavy atom. The van der Waals surface area contributed by atoms with Gasteiger partial charge in [-0.1, -0.05) is 45.2 Å². The Balaban J connectivity index is 1.76. The van der Waals surface area contributed by atoms with Crippen LogP contribution in [0.15, 0.2) is 24.3 Å². The third kappa shape index (κ3) is 4.74. The fraction of sp³-hybridized carbons (Fsp3) is 0.684. The Hall–Kier alpha value is -1.02. The first-order chi connectivity index (χ1) is 10.3. The highest BCUT2D eigenvalue weighted by Gasteiger charge is 2.31. The Kier molecular flexibility index (Phi) is 6.56. The van der Waals surface area contributed by atoms with E-state index in [1.165, 1.54) is 50.5 Å². The summed E-state index contributed by atoms with van der Waals surface area (Å²) >= 11 is 0. The quantitative estimate of drug-likeness (QED) is 0.699. The highest BCUT2D eigenvalue weighted by Crippen LogP contribution is 2.37. The first-order valence-electron chi connectivity index (χ1n) is 8.66. The minimum Gasteiger partial charge on any atom is -0.497 e. The number of unbranched alkanes of at least 4 members (excludes halogenated alkanes) is 1. The average Bonchev–Trinajstić information content (AvgIpc) is 2.48. The van der Waals surface area contributed by atoms with E-state index < -0.39 is 0 Å². The molecule has 1 aliphatic carbocycles. The summed E-state index contributed by atoms with van der Waals surface area (Å²) in [4.78, 5) is 0. The molecule has 118 valence electrons. The van der Waals surface area contributed by atoms with Gasteiger partial charge in [-0.25, -0.2) is 0 Å². The second-order valence-corrected chi connectivity index (χ2v) is 6.43. The molecule has 1 aromatic carbocycles. The van der Waals surface area contributed by atoms with E-state index in [4.69, 9.17) is 4.74 Å².